The van der Waals surface area contributed by atoms with Gasteiger partial charge in [0.15, 0.2) is 11.6 Å². The molecule has 1 aromatic carbocycles. The van der Waals surface area contributed by atoms with E-state index in [1.54, 1.807) is 0 Å². The summed E-state index contributed by atoms with van der Waals surface area (Å²) in [5.41, 5.74) is 5.49. The van der Waals surface area contributed by atoms with Gasteiger partial charge in [0, 0.05) is 16.9 Å². The van der Waals surface area contributed by atoms with Crippen LogP contribution < -0.4 is 11.1 Å². The van der Waals surface area contributed by atoms with E-state index in [0.717, 1.165) is 12.8 Å². The molecule has 1 aromatic rings. The maximum atomic E-state index is 14.0. The van der Waals surface area contributed by atoms with Crippen LogP contribution in [0.3, 0.4) is 0 Å². The molecule has 0 bridgehead atoms. The second-order valence-electron chi connectivity index (χ2n) is 5.45. The van der Waals surface area contributed by atoms with Crippen molar-refractivity contribution in [3.8, 4) is 0 Å². The molecule has 0 spiro atoms. The summed E-state index contributed by atoms with van der Waals surface area (Å²) in [4.78, 5) is -0.134. The van der Waals surface area contributed by atoms with E-state index in [1.165, 1.54) is 31.4 Å². The lowest BCUT2D eigenvalue weighted by Gasteiger charge is -2.36. The molecule has 0 heterocycles. The molecule has 6 heteroatoms. The van der Waals surface area contributed by atoms with Gasteiger partial charge in [0.25, 0.3) is 0 Å². The van der Waals surface area contributed by atoms with E-state index in [-0.39, 0.29) is 21.0 Å². The van der Waals surface area contributed by atoms with E-state index in [0.29, 0.717) is 6.54 Å². The molecular weight excluding hydrogens is 310 g/mol. The number of rotatable bonds is 5. The number of hydrogen-bond donors (Lipinski definition) is 2. The highest BCUT2D eigenvalue weighted by atomic mass is 32.2. The van der Waals surface area contributed by atoms with Gasteiger partial charge >= 0.3 is 0 Å². The van der Waals surface area contributed by atoms with Crippen molar-refractivity contribution in [2.45, 2.75) is 36.9 Å². The Hall–Kier alpha value is -0.880. The summed E-state index contributed by atoms with van der Waals surface area (Å²) in [6.45, 7) is 0.636. The van der Waals surface area contributed by atoms with Crippen LogP contribution in [0.4, 0.5) is 14.5 Å². The number of benzene rings is 1. The van der Waals surface area contributed by atoms with Crippen molar-refractivity contribution in [3.63, 3.8) is 0 Å². The summed E-state index contributed by atoms with van der Waals surface area (Å²) in [5.74, 6) is -1.89. The predicted octanol–water partition coefficient (Wildman–Crippen LogP) is 4.08. The van der Waals surface area contributed by atoms with E-state index in [2.05, 4.69) is 11.6 Å². The SMILES string of the molecule is CSC1(CNc2ccc(C(N)=S)c(F)c2F)CCCCC1. The lowest BCUT2D eigenvalue weighted by molar-refractivity contribution is 0.410. The van der Waals surface area contributed by atoms with Gasteiger partial charge in [0.05, 0.1) is 5.69 Å². The Morgan fingerprint density at radius 3 is 2.52 bits per heavy atom. The van der Waals surface area contributed by atoms with Crippen LogP contribution in [-0.4, -0.2) is 22.5 Å². The highest BCUT2D eigenvalue weighted by Crippen LogP contribution is 2.38. The van der Waals surface area contributed by atoms with Crippen LogP contribution in [0.25, 0.3) is 0 Å². The maximum Gasteiger partial charge on any atom is 0.182 e. The Morgan fingerprint density at radius 2 is 1.95 bits per heavy atom. The van der Waals surface area contributed by atoms with E-state index in [4.69, 9.17) is 18.0 Å². The minimum absolute atomic E-state index is 0.0507. The van der Waals surface area contributed by atoms with Crippen LogP contribution in [0.1, 0.15) is 37.7 Å². The monoisotopic (exact) mass is 330 g/mol. The Kier molecular flexibility index (Phi) is 5.43. The summed E-state index contributed by atoms with van der Waals surface area (Å²) >= 11 is 6.51. The minimum atomic E-state index is -0.977. The smallest absolute Gasteiger partial charge is 0.182 e. The second-order valence-corrected chi connectivity index (χ2v) is 7.17. The first-order chi connectivity index (χ1) is 9.99. The van der Waals surface area contributed by atoms with Crippen molar-refractivity contribution in [2.75, 3.05) is 18.1 Å². The Labute approximate surface area is 133 Å². The topological polar surface area (TPSA) is 38.0 Å². The first-order valence-electron chi connectivity index (χ1n) is 7.06. The van der Waals surface area contributed by atoms with E-state index < -0.39 is 11.6 Å². The summed E-state index contributed by atoms with van der Waals surface area (Å²) in [5, 5.41) is 3.06. The molecule has 1 fully saturated rings. The normalized spacial score (nSPS) is 17.5. The van der Waals surface area contributed by atoms with Crippen molar-refractivity contribution in [2.24, 2.45) is 5.73 Å². The average molecular weight is 330 g/mol. The molecule has 0 unspecified atom stereocenters. The fourth-order valence-electron chi connectivity index (χ4n) is 2.78. The number of nitrogens with one attached hydrogen (secondary N) is 1. The van der Waals surface area contributed by atoms with Crippen molar-refractivity contribution in [3.05, 3.63) is 29.3 Å². The lowest BCUT2D eigenvalue weighted by atomic mass is 9.88. The largest absolute Gasteiger partial charge is 0.389 e. The summed E-state index contributed by atoms with van der Waals surface area (Å²) in [6.07, 6.45) is 7.94. The third kappa shape index (κ3) is 3.66. The third-order valence-electron chi connectivity index (χ3n) is 4.15. The number of hydrogen-bond acceptors (Lipinski definition) is 3. The molecule has 1 aliphatic rings. The van der Waals surface area contributed by atoms with E-state index >= 15 is 0 Å². The summed E-state index contributed by atoms with van der Waals surface area (Å²) in [7, 11) is 0. The van der Waals surface area contributed by atoms with Crippen LogP contribution in [0.2, 0.25) is 0 Å². The lowest BCUT2D eigenvalue weighted by Crippen LogP contribution is -2.35. The van der Waals surface area contributed by atoms with Crippen LogP contribution in [0.5, 0.6) is 0 Å². The van der Waals surface area contributed by atoms with Crippen molar-refractivity contribution in [1.82, 2.24) is 0 Å². The van der Waals surface area contributed by atoms with Gasteiger partial charge in [-0.1, -0.05) is 31.5 Å². The zero-order valence-electron chi connectivity index (χ0n) is 12.0. The molecular formula is C15H20F2N2S2. The van der Waals surface area contributed by atoms with E-state index in [1.807, 2.05) is 11.8 Å². The average Bonchev–Trinajstić information content (AvgIpc) is 2.49. The molecule has 21 heavy (non-hydrogen) atoms. The van der Waals surface area contributed by atoms with E-state index in [9.17, 15) is 8.78 Å². The Bertz CT molecular complexity index is 529. The first-order valence-corrected chi connectivity index (χ1v) is 8.69. The number of nitrogens with two attached hydrogens (primary N) is 1. The Balaban J connectivity index is 2.13. The Morgan fingerprint density at radius 1 is 1.29 bits per heavy atom. The molecule has 0 aromatic heterocycles. The highest BCUT2D eigenvalue weighted by molar-refractivity contribution is 8.00. The van der Waals surface area contributed by atoms with Crippen molar-refractivity contribution in [1.29, 1.82) is 0 Å². The number of thiocarbonyl (C=S) groups is 1. The van der Waals surface area contributed by atoms with Gasteiger partial charge in [-0.15, -0.1) is 0 Å². The third-order valence-corrected chi connectivity index (χ3v) is 5.79. The quantitative estimate of drug-likeness (QED) is 0.798. The molecule has 0 radical (unpaired) electrons. The zero-order chi connectivity index (χ0) is 15.5. The fourth-order valence-corrected chi connectivity index (χ4v) is 3.85. The van der Waals surface area contributed by atoms with Gasteiger partial charge in [-0.05, 0) is 31.2 Å². The van der Waals surface area contributed by atoms with Gasteiger partial charge in [-0.2, -0.15) is 11.8 Å². The molecule has 0 atom stereocenters. The van der Waals surface area contributed by atoms with Crippen molar-refractivity contribution >= 4 is 34.7 Å². The molecule has 2 nitrogen and oxygen atoms in total. The molecule has 0 saturated heterocycles. The molecule has 1 aliphatic carbocycles. The maximum absolute atomic E-state index is 14.0. The molecule has 1 saturated carbocycles. The molecule has 116 valence electrons. The standard InChI is InChI=1S/C15H20F2N2S2/c1-21-15(7-3-2-4-8-15)9-19-11-6-5-10(14(18)20)12(16)13(11)17/h5-6,19H,2-4,7-9H2,1H3,(H2,18,20). The predicted molar refractivity (Wildman–Crippen MR) is 90.1 cm³/mol. The van der Waals surface area contributed by atoms with Crippen LogP contribution in [0.15, 0.2) is 12.1 Å². The number of thioether (sulfide) groups is 1. The van der Waals surface area contributed by atoms with Gasteiger partial charge in [0.1, 0.15) is 4.99 Å². The molecule has 3 N–H and O–H groups in total. The number of anilines is 1. The van der Waals surface area contributed by atoms with Crippen LogP contribution >= 0.6 is 24.0 Å². The molecule has 0 aliphatic heterocycles. The second kappa shape index (κ2) is 6.92. The highest BCUT2D eigenvalue weighted by Gasteiger charge is 2.31. The van der Waals surface area contributed by atoms with Crippen molar-refractivity contribution < 1.29 is 8.78 Å². The molecule has 0 amide bonds. The van der Waals surface area contributed by atoms with Crippen LogP contribution in [0, 0.1) is 11.6 Å². The van der Waals surface area contributed by atoms with Gasteiger partial charge in [0.2, 0.25) is 0 Å². The summed E-state index contributed by atoms with van der Waals surface area (Å²) in [6, 6.07) is 2.93. The van der Waals surface area contributed by atoms with Gasteiger partial charge in [-0.3, -0.25) is 0 Å². The minimum Gasteiger partial charge on any atom is -0.389 e. The fraction of sp³-hybridized carbons (Fsp3) is 0.533. The first kappa shape index (κ1) is 16.5. The zero-order valence-corrected chi connectivity index (χ0v) is 13.7. The van der Waals surface area contributed by atoms with Crippen LogP contribution in [-0.2, 0) is 0 Å². The molecule has 2 rings (SSSR count). The number of halogens is 2. The summed E-state index contributed by atoms with van der Waals surface area (Å²) < 4.78 is 28.0. The van der Waals surface area contributed by atoms with Gasteiger partial charge < -0.3 is 11.1 Å². The van der Waals surface area contributed by atoms with Gasteiger partial charge in [-0.25, -0.2) is 8.78 Å².